The second-order valence-corrected chi connectivity index (χ2v) is 5.86. The summed E-state index contributed by atoms with van der Waals surface area (Å²) in [4.78, 5) is 10.7. The van der Waals surface area contributed by atoms with Crippen LogP contribution >= 0.6 is 0 Å². The molecule has 2 heterocycles. The second kappa shape index (κ2) is 6.27. The van der Waals surface area contributed by atoms with Gasteiger partial charge >= 0.3 is 0 Å². The summed E-state index contributed by atoms with van der Waals surface area (Å²) < 4.78 is 7.43. The first-order valence-electron chi connectivity index (χ1n) is 7.97. The number of nitrogens with one attached hydrogen (secondary N) is 1. The standard InChI is InChI=1S/C18H16N4O3/c23-22(24)14-11-19-18-10-17(20-21(18)12-14)13-6-8-16(9-7-13)25-15-4-2-1-3-5-15/h1-10,14,19H,11-12H2. The van der Waals surface area contributed by atoms with Crippen LogP contribution in [0.25, 0.3) is 11.3 Å². The Morgan fingerprint density at radius 3 is 2.56 bits per heavy atom. The van der Waals surface area contributed by atoms with Gasteiger partial charge in [0.15, 0.2) is 0 Å². The van der Waals surface area contributed by atoms with E-state index in [1.54, 1.807) is 4.68 Å². The normalized spacial score (nSPS) is 15.9. The third-order valence-electron chi connectivity index (χ3n) is 4.11. The molecule has 1 N–H and O–H groups in total. The molecule has 0 amide bonds. The van der Waals surface area contributed by atoms with Gasteiger partial charge in [0.1, 0.15) is 23.9 Å². The molecule has 0 radical (unpaired) electrons. The van der Waals surface area contributed by atoms with Crippen molar-refractivity contribution >= 4 is 5.82 Å². The summed E-state index contributed by atoms with van der Waals surface area (Å²) in [7, 11) is 0. The van der Waals surface area contributed by atoms with Crippen molar-refractivity contribution in [3.63, 3.8) is 0 Å². The van der Waals surface area contributed by atoms with E-state index < -0.39 is 6.04 Å². The fourth-order valence-corrected chi connectivity index (χ4v) is 2.79. The lowest BCUT2D eigenvalue weighted by atomic mass is 10.1. The maximum Gasteiger partial charge on any atom is 0.249 e. The van der Waals surface area contributed by atoms with E-state index in [0.29, 0.717) is 6.54 Å². The first-order chi connectivity index (χ1) is 12.2. The van der Waals surface area contributed by atoms with Crippen molar-refractivity contribution < 1.29 is 9.66 Å². The molecule has 1 unspecified atom stereocenters. The molecule has 1 aliphatic heterocycles. The first-order valence-corrected chi connectivity index (χ1v) is 7.97. The van der Waals surface area contributed by atoms with Crippen LogP contribution in [0.15, 0.2) is 60.7 Å². The fourth-order valence-electron chi connectivity index (χ4n) is 2.79. The van der Waals surface area contributed by atoms with Crippen molar-refractivity contribution in [1.29, 1.82) is 0 Å². The maximum absolute atomic E-state index is 10.9. The molecule has 1 aromatic heterocycles. The van der Waals surface area contributed by atoms with Crippen LogP contribution in [0.2, 0.25) is 0 Å². The Kier molecular flexibility index (Phi) is 3.81. The first kappa shape index (κ1) is 15.2. The van der Waals surface area contributed by atoms with Crippen molar-refractivity contribution in [2.24, 2.45) is 0 Å². The zero-order valence-electron chi connectivity index (χ0n) is 13.3. The quantitative estimate of drug-likeness (QED) is 0.583. The van der Waals surface area contributed by atoms with Crippen molar-refractivity contribution in [1.82, 2.24) is 9.78 Å². The van der Waals surface area contributed by atoms with E-state index in [2.05, 4.69) is 10.4 Å². The molecule has 0 bridgehead atoms. The van der Waals surface area contributed by atoms with Gasteiger partial charge in [0.05, 0.1) is 12.2 Å². The SMILES string of the molecule is O=[N+]([O-])C1CNc2cc(-c3ccc(Oc4ccccc4)cc3)nn2C1. The summed E-state index contributed by atoms with van der Waals surface area (Å²) in [6.45, 7) is 0.604. The lowest BCUT2D eigenvalue weighted by Crippen LogP contribution is -2.37. The number of fused-ring (bicyclic) bond motifs is 1. The van der Waals surface area contributed by atoms with Gasteiger partial charge in [-0.1, -0.05) is 18.2 Å². The minimum absolute atomic E-state index is 0.271. The lowest BCUT2D eigenvalue weighted by Gasteiger charge is -2.18. The predicted octanol–water partition coefficient (Wildman–Crippen LogP) is 3.41. The summed E-state index contributed by atoms with van der Waals surface area (Å²) in [6.07, 6.45) is 0. The van der Waals surface area contributed by atoms with Gasteiger partial charge in [0.25, 0.3) is 0 Å². The number of benzene rings is 2. The Bertz CT molecular complexity index is 890. The fraction of sp³-hybridized carbons (Fsp3) is 0.167. The van der Waals surface area contributed by atoms with Crippen LogP contribution in [0.3, 0.4) is 0 Å². The molecule has 7 nitrogen and oxygen atoms in total. The molecule has 7 heteroatoms. The number of rotatable bonds is 4. The highest BCUT2D eigenvalue weighted by Crippen LogP contribution is 2.27. The van der Waals surface area contributed by atoms with Gasteiger partial charge in [-0.3, -0.25) is 10.1 Å². The number of para-hydroxylation sites is 1. The molecular formula is C18H16N4O3. The Morgan fingerprint density at radius 1 is 1.12 bits per heavy atom. The number of ether oxygens (including phenoxy) is 1. The van der Waals surface area contributed by atoms with Crippen LogP contribution in [0, 0.1) is 10.1 Å². The number of nitrogens with zero attached hydrogens (tertiary/aromatic N) is 3. The van der Waals surface area contributed by atoms with Gasteiger partial charge in [-0.05, 0) is 36.4 Å². The summed E-state index contributed by atoms with van der Waals surface area (Å²) in [5.74, 6) is 2.32. The summed E-state index contributed by atoms with van der Waals surface area (Å²) in [5, 5.41) is 18.5. The van der Waals surface area contributed by atoms with Crippen molar-refractivity contribution in [2.75, 3.05) is 11.9 Å². The molecule has 2 aromatic carbocycles. The summed E-state index contributed by atoms with van der Waals surface area (Å²) >= 11 is 0. The van der Waals surface area contributed by atoms with E-state index in [-0.39, 0.29) is 11.5 Å². The zero-order valence-corrected chi connectivity index (χ0v) is 13.3. The van der Waals surface area contributed by atoms with E-state index >= 15 is 0 Å². The molecule has 25 heavy (non-hydrogen) atoms. The van der Waals surface area contributed by atoms with Crippen LogP contribution < -0.4 is 10.1 Å². The third kappa shape index (κ3) is 3.16. The molecule has 0 aliphatic carbocycles. The smallest absolute Gasteiger partial charge is 0.249 e. The van der Waals surface area contributed by atoms with Crippen LogP contribution in [-0.4, -0.2) is 27.3 Å². The minimum atomic E-state index is -0.651. The van der Waals surface area contributed by atoms with Crippen LogP contribution in [0.4, 0.5) is 5.82 Å². The number of anilines is 1. The largest absolute Gasteiger partial charge is 0.457 e. The van der Waals surface area contributed by atoms with Gasteiger partial charge in [0, 0.05) is 16.6 Å². The van der Waals surface area contributed by atoms with Crippen molar-refractivity contribution in [2.45, 2.75) is 12.6 Å². The van der Waals surface area contributed by atoms with Crippen LogP contribution in [-0.2, 0) is 6.54 Å². The Balaban J connectivity index is 1.52. The highest BCUT2D eigenvalue weighted by atomic mass is 16.6. The minimum Gasteiger partial charge on any atom is -0.457 e. The van der Waals surface area contributed by atoms with Gasteiger partial charge in [0.2, 0.25) is 6.04 Å². The Morgan fingerprint density at radius 2 is 1.84 bits per heavy atom. The number of hydrogen-bond donors (Lipinski definition) is 1. The van der Waals surface area contributed by atoms with Crippen molar-refractivity contribution in [3.8, 4) is 22.8 Å². The molecule has 0 spiro atoms. The third-order valence-corrected chi connectivity index (χ3v) is 4.11. The zero-order chi connectivity index (χ0) is 17.2. The van der Waals surface area contributed by atoms with Crippen molar-refractivity contribution in [3.05, 3.63) is 70.8 Å². The summed E-state index contributed by atoms with van der Waals surface area (Å²) in [6, 6.07) is 18.5. The molecule has 126 valence electrons. The van der Waals surface area contributed by atoms with Gasteiger partial charge in [-0.15, -0.1) is 0 Å². The molecule has 4 rings (SSSR count). The van der Waals surface area contributed by atoms with Gasteiger partial charge in [-0.2, -0.15) is 5.10 Å². The molecule has 0 fully saturated rings. The maximum atomic E-state index is 10.9. The van der Waals surface area contributed by atoms with E-state index in [1.807, 2.05) is 60.7 Å². The van der Waals surface area contributed by atoms with Gasteiger partial charge < -0.3 is 10.1 Å². The molecule has 0 saturated carbocycles. The molecule has 1 atom stereocenters. The predicted molar refractivity (Wildman–Crippen MR) is 93.5 cm³/mol. The number of hydrogen-bond acceptors (Lipinski definition) is 5. The van der Waals surface area contributed by atoms with Crippen LogP contribution in [0.1, 0.15) is 0 Å². The second-order valence-electron chi connectivity index (χ2n) is 5.86. The summed E-state index contributed by atoms with van der Waals surface area (Å²) in [5.41, 5.74) is 1.71. The highest BCUT2D eigenvalue weighted by Gasteiger charge is 2.27. The van der Waals surface area contributed by atoms with E-state index in [9.17, 15) is 10.1 Å². The number of nitro groups is 1. The lowest BCUT2D eigenvalue weighted by molar-refractivity contribution is -0.521. The monoisotopic (exact) mass is 336 g/mol. The Labute approximate surface area is 144 Å². The highest BCUT2D eigenvalue weighted by molar-refractivity contribution is 5.64. The van der Waals surface area contributed by atoms with Gasteiger partial charge in [-0.25, -0.2) is 4.68 Å². The average molecular weight is 336 g/mol. The number of aromatic nitrogens is 2. The van der Waals surface area contributed by atoms with E-state index in [4.69, 9.17) is 4.74 Å². The molecule has 0 saturated heterocycles. The molecular weight excluding hydrogens is 320 g/mol. The molecule has 3 aromatic rings. The van der Waals surface area contributed by atoms with E-state index in [0.717, 1.165) is 28.6 Å². The van der Waals surface area contributed by atoms with E-state index in [1.165, 1.54) is 0 Å². The average Bonchev–Trinajstić information content (AvgIpc) is 3.06. The van der Waals surface area contributed by atoms with Crippen LogP contribution in [0.5, 0.6) is 11.5 Å². The topological polar surface area (TPSA) is 82.2 Å². The Hall–Kier alpha value is -3.35. The molecule has 1 aliphatic rings.